The molecule has 2 atom stereocenters. The van der Waals surface area contributed by atoms with E-state index in [-0.39, 0.29) is 57.0 Å². The highest BCUT2D eigenvalue weighted by molar-refractivity contribution is 7.93. The number of fused-ring (bicyclic) bond motifs is 6. The maximum atomic E-state index is 12.9. The molecule has 0 aromatic heterocycles. The van der Waals surface area contributed by atoms with Crippen LogP contribution in [0.2, 0.25) is 0 Å². The molecule has 0 bridgehead atoms. The molecule has 0 radical (unpaired) electrons. The van der Waals surface area contributed by atoms with Crippen LogP contribution in [0.5, 0.6) is 0 Å². The van der Waals surface area contributed by atoms with Gasteiger partial charge in [-0.1, -0.05) is 6.07 Å². The lowest BCUT2D eigenvalue weighted by atomic mass is 9.90. The molecular weight excluding hydrogens is 673 g/mol. The van der Waals surface area contributed by atoms with Gasteiger partial charge in [0.15, 0.2) is 41.8 Å². The fraction of sp³-hybridized carbons (Fsp3) is 0.200. The Hall–Kier alpha value is -4.52. The molecule has 232 valence electrons. The van der Waals surface area contributed by atoms with Gasteiger partial charge >= 0.3 is 0 Å². The molecule has 2 aliphatic rings. The third-order valence-electron chi connectivity index (χ3n) is 7.84. The van der Waals surface area contributed by atoms with Crippen molar-refractivity contribution in [1.29, 1.82) is 10.5 Å². The normalized spacial score (nSPS) is 15.5. The molecular formula is C30H20N4O8S4. The van der Waals surface area contributed by atoms with Gasteiger partial charge in [0, 0.05) is 17.7 Å². The minimum atomic E-state index is -4.13. The Labute approximate surface area is 269 Å². The summed E-state index contributed by atoms with van der Waals surface area (Å²) in [6.07, 6.45) is 1.72. The smallest absolute Gasteiger partial charge is 0.270 e. The molecule has 0 fully saturated rings. The number of benzene rings is 3. The van der Waals surface area contributed by atoms with Gasteiger partial charge in [-0.3, -0.25) is 0 Å². The summed E-state index contributed by atoms with van der Waals surface area (Å²) >= 11 is -4.66. The lowest BCUT2D eigenvalue weighted by Gasteiger charge is -2.15. The van der Waals surface area contributed by atoms with Gasteiger partial charge in [-0.05, 0) is 91.9 Å². The standard InChI is InChI=1S/C30H20N4O8S4/c1-33-23(11-31)27-21-6-15-5-17(13-43(35)36)18(14-44(37)38)8-19(15)28(21)30(24(12-32)34-2)29-20-10-26(46(4,41)42)25(45(3,39)40)9-16(20)7-22(27)29/h5,8-10H,6-7,13-14H2,3-4H3,(H,35,36)(H,37,38)/b27-23+,30-24+. The monoisotopic (exact) mass is 692 g/mol. The van der Waals surface area contributed by atoms with Crippen molar-refractivity contribution < 1.29 is 34.4 Å². The molecule has 0 aliphatic heterocycles. The van der Waals surface area contributed by atoms with Gasteiger partial charge in [-0.25, -0.2) is 45.5 Å². The van der Waals surface area contributed by atoms with Crippen LogP contribution in [0.3, 0.4) is 0 Å². The largest absolute Gasteiger partial charge is 0.306 e. The fourth-order valence-corrected chi connectivity index (χ4v) is 9.71. The van der Waals surface area contributed by atoms with E-state index >= 15 is 0 Å². The first-order chi connectivity index (χ1) is 21.5. The van der Waals surface area contributed by atoms with Crippen LogP contribution in [0, 0.1) is 35.8 Å². The quantitative estimate of drug-likeness (QED) is 0.196. The second-order valence-electron chi connectivity index (χ2n) is 10.7. The average Bonchev–Trinajstić information content (AvgIpc) is 3.50. The SMILES string of the molecule is [C-]#[N+]/C(C#N)=c1\c2c(/c(=C(/C#N)[N+]#[C-])c3c1Cc1cc(S(C)(=O)=O)c(S(C)(=O)=O)cc1-3)-c1cc(CS(=O)O)c(CS(=O)O)cc1C2. The number of hydrogen-bond donors (Lipinski definition) is 2. The number of hydrogen-bond acceptors (Lipinski definition) is 8. The Morgan fingerprint density at radius 2 is 1.17 bits per heavy atom. The molecule has 46 heavy (non-hydrogen) atoms. The average molecular weight is 693 g/mol. The highest BCUT2D eigenvalue weighted by Gasteiger charge is 2.35. The molecule has 0 amide bonds. The zero-order valence-corrected chi connectivity index (χ0v) is 27.2. The number of sulfone groups is 2. The van der Waals surface area contributed by atoms with Gasteiger partial charge in [0.1, 0.15) is 0 Å². The molecule has 3 aromatic rings. The summed E-state index contributed by atoms with van der Waals surface area (Å²) in [6.45, 7) is 15.6. The first kappa shape index (κ1) is 32.9. The third-order valence-corrected chi connectivity index (χ3v) is 11.4. The van der Waals surface area contributed by atoms with E-state index < -0.39 is 63.1 Å². The molecule has 0 saturated heterocycles. The van der Waals surface area contributed by atoms with Crippen LogP contribution < -0.4 is 10.4 Å². The number of nitrogens with zero attached hydrogens (tertiary/aromatic N) is 4. The van der Waals surface area contributed by atoms with E-state index in [1.807, 2.05) is 12.1 Å². The summed E-state index contributed by atoms with van der Waals surface area (Å²) in [5.41, 5.74) is 2.51. The van der Waals surface area contributed by atoms with Crippen LogP contribution in [0.15, 0.2) is 34.1 Å². The van der Waals surface area contributed by atoms with E-state index in [1.54, 1.807) is 6.07 Å². The predicted octanol–water partition coefficient (Wildman–Crippen LogP) is 2.18. The van der Waals surface area contributed by atoms with E-state index in [2.05, 4.69) is 9.69 Å². The van der Waals surface area contributed by atoms with E-state index in [0.717, 1.165) is 12.5 Å². The fourth-order valence-electron chi connectivity index (χ4n) is 6.20. The van der Waals surface area contributed by atoms with Crippen LogP contribution in [0.1, 0.15) is 33.4 Å². The predicted molar refractivity (Wildman–Crippen MR) is 169 cm³/mol. The second-order valence-corrected chi connectivity index (χ2v) is 16.5. The number of nitriles is 2. The summed E-state index contributed by atoms with van der Waals surface area (Å²) in [6, 6.07) is 9.27. The lowest BCUT2D eigenvalue weighted by molar-refractivity contribution is 0.559. The van der Waals surface area contributed by atoms with Gasteiger partial charge in [0.25, 0.3) is 11.4 Å². The Morgan fingerprint density at radius 3 is 1.61 bits per heavy atom. The Morgan fingerprint density at radius 1 is 0.761 bits per heavy atom. The van der Waals surface area contributed by atoms with Crippen LogP contribution in [0.4, 0.5) is 0 Å². The van der Waals surface area contributed by atoms with Gasteiger partial charge in [-0.15, -0.1) is 0 Å². The molecule has 12 nitrogen and oxygen atoms in total. The van der Waals surface area contributed by atoms with Crippen molar-refractivity contribution in [3.8, 4) is 34.4 Å². The van der Waals surface area contributed by atoms with E-state index in [4.69, 9.17) is 13.1 Å². The zero-order valence-electron chi connectivity index (χ0n) is 23.9. The summed E-state index contributed by atoms with van der Waals surface area (Å²) < 4.78 is 94.0. The van der Waals surface area contributed by atoms with Crippen molar-refractivity contribution >= 4 is 53.2 Å². The lowest BCUT2D eigenvalue weighted by Crippen LogP contribution is -2.25. The summed E-state index contributed by atoms with van der Waals surface area (Å²) in [5.74, 6) is -0.766. The maximum absolute atomic E-state index is 12.9. The van der Waals surface area contributed by atoms with E-state index in [1.165, 1.54) is 18.2 Å². The van der Waals surface area contributed by atoms with Crippen LogP contribution in [0.25, 0.3) is 43.3 Å². The van der Waals surface area contributed by atoms with Crippen molar-refractivity contribution in [2.75, 3.05) is 12.5 Å². The van der Waals surface area contributed by atoms with Gasteiger partial charge in [0.2, 0.25) is 0 Å². The zero-order chi connectivity index (χ0) is 33.9. The first-order valence-corrected chi connectivity index (χ1v) is 19.3. The Kier molecular flexibility index (Phi) is 8.35. The Balaban J connectivity index is 2.08. The number of rotatable bonds is 6. The first-order valence-electron chi connectivity index (χ1n) is 12.9. The van der Waals surface area contributed by atoms with Crippen molar-refractivity contribution in [3.63, 3.8) is 0 Å². The molecule has 2 unspecified atom stereocenters. The third kappa shape index (κ3) is 5.46. The van der Waals surface area contributed by atoms with Gasteiger partial charge in [-0.2, -0.15) is 0 Å². The highest BCUT2D eigenvalue weighted by atomic mass is 32.2. The van der Waals surface area contributed by atoms with Crippen molar-refractivity contribution in [3.05, 3.63) is 90.9 Å². The van der Waals surface area contributed by atoms with Crippen LogP contribution in [-0.4, -0.2) is 46.9 Å². The highest BCUT2D eigenvalue weighted by Crippen LogP contribution is 2.43. The molecule has 3 aromatic carbocycles. The molecule has 2 aliphatic carbocycles. The van der Waals surface area contributed by atoms with Crippen LogP contribution >= 0.6 is 0 Å². The molecule has 16 heteroatoms. The maximum Gasteiger partial charge on any atom is 0.270 e. The van der Waals surface area contributed by atoms with E-state index in [0.29, 0.717) is 33.4 Å². The summed E-state index contributed by atoms with van der Waals surface area (Å²) in [4.78, 5) is 5.94. The second kappa shape index (κ2) is 11.7. The molecule has 5 rings (SSSR count). The van der Waals surface area contributed by atoms with Crippen molar-refractivity contribution in [2.45, 2.75) is 34.1 Å². The molecule has 0 saturated carbocycles. The minimum Gasteiger partial charge on any atom is -0.306 e. The minimum absolute atomic E-state index is 0.0515. The van der Waals surface area contributed by atoms with Crippen LogP contribution in [-0.2, 0) is 66.2 Å². The van der Waals surface area contributed by atoms with Gasteiger partial charge in [0.05, 0.1) is 46.6 Å². The molecule has 0 heterocycles. The summed E-state index contributed by atoms with van der Waals surface area (Å²) in [5, 5.41) is 20.4. The topological polar surface area (TPSA) is 199 Å². The van der Waals surface area contributed by atoms with Crippen molar-refractivity contribution in [1.82, 2.24) is 0 Å². The van der Waals surface area contributed by atoms with E-state index in [9.17, 15) is 44.9 Å². The van der Waals surface area contributed by atoms with Crippen molar-refractivity contribution in [2.24, 2.45) is 0 Å². The van der Waals surface area contributed by atoms with Gasteiger partial charge < -0.3 is 9.11 Å². The molecule has 2 N–H and O–H groups in total. The Bertz CT molecular complexity index is 2500. The summed E-state index contributed by atoms with van der Waals surface area (Å²) in [7, 11) is -8.18. The molecule has 0 spiro atoms.